The third kappa shape index (κ3) is 5.80. The van der Waals surface area contributed by atoms with E-state index in [1.165, 1.54) is 5.56 Å². The number of hydrogen-bond donors (Lipinski definition) is 1. The second kappa shape index (κ2) is 11.0. The Morgan fingerprint density at radius 3 is 2.42 bits per heavy atom. The Labute approximate surface area is 206 Å². The van der Waals surface area contributed by atoms with Crippen molar-refractivity contribution in [2.24, 2.45) is 5.73 Å². The van der Waals surface area contributed by atoms with Crippen molar-refractivity contribution in [3.63, 3.8) is 0 Å². The Morgan fingerprint density at radius 2 is 1.78 bits per heavy atom. The molecule has 0 spiro atoms. The van der Waals surface area contributed by atoms with E-state index in [4.69, 9.17) is 20.4 Å². The molecule has 2 aliphatic rings. The van der Waals surface area contributed by atoms with Crippen LogP contribution >= 0.6 is 0 Å². The van der Waals surface area contributed by atoms with E-state index in [2.05, 4.69) is 39.0 Å². The summed E-state index contributed by atoms with van der Waals surface area (Å²) in [7, 11) is 0. The Kier molecular flexibility index (Phi) is 7.80. The number of ketones is 1. The van der Waals surface area contributed by atoms with E-state index in [1.54, 1.807) is 0 Å². The number of carbonyl (C=O) groups excluding carboxylic acids is 1. The van der Waals surface area contributed by atoms with Gasteiger partial charge >= 0.3 is 6.18 Å². The van der Waals surface area contributed by atoms with Crippen molar-refractivity contribution < 1.29 is 22.7 Å². The number of anilines is 3. The fourth-order valence-electron chi connectivity index (χ4n) is 4.01. The summed E-state index contributed by atoms with van der Waals surface area (Å²) >= 11 is 0. The molecular weight excluding hydrogens is 473 g/mol. The lowest BCUT2D eigenvalue weighted by atomic mass is 10.0. The van der Waals surface area contributed by atoms with Crippen LogP contribution in [0.2, 0.25) is 0 Å². The lowest BCUT2D eigenvalue weighted by Gasteiger charge is -2.28. The summed E-state index contributed by atoms with van der Waals surface area (Å²) in [6, 6.07) is 12.4. The lowest BCUT2D eigenvalue weighted by Crippen LogP contribution is -2.37. The molecule has 0 saturated carbocycles. The maximum absolute atomic E-state index is 10.8. The predicted molar refractivity (Wildman–Crippen MR) is 130 cm³/mol. The molecule has 1 fully saturated rings. The smallest absolute Gasteiger partial charge is 0.378 e. The van der Waals surface area contributed by atoms with E-state index < -0.39 is 12.0 Å². The number of rotatable bonds is 4. The Hall–Kier alpha value is -3.57. The summed E-state index contributed by atoms with van der Waals surface area (Å²) in [5.74, 6) is -0.00509. The third-order valence-corrected chi connectivity index (χ3v) is 5.92. The van der Waals surface area contributed by atoms with Gasteiger partial charge in [-0.1, -0.05) is 18.2 Å². The van der Waals surface area contributed by atoms with E-state index in [0.717, 1.165) is 60.3 Å². The van der Waals surface area contributed by atoms with Crippen molar-refractivity contribution in [1.29, 1.82) is 0 Å². The van der Waals surface area contributed by atoms with E-state index in [1.807, 2.05) is 24.5 Å². The number of ether oxygens (including phenoxy) is 1. The predicted octanol–water partition coefficient (Wildman–Crippen LogP) is 3.67. The van der Waals surface area contributed by atoms with Gasteiger partial charge in [0.15, 0.2) is 0 Å². The van der Waals surface area contributed by atoms with Crippen molar-refractivity contribution >= 4 is 23.2 Å². The first-order valence-electron chi connectivity index (χ1n) is 11.6. The number of aromatic nitrogens is 3. The first-order valence-corrected chi connectivity index (χ1v) is 11.6. The summed E-state index contributed by atoms with van der Waals surface area (Å²) in [6.45, 7) is 4.89. The summed E-state index contributed by atoms with van der Waals surface area (Å²) in [4.78, 5) is 28.0. The van der Waals surface area contributed by atoms with Gasteiger partial charge < -0.3 is 20.3 Å². The fraction of sp³-hybridized carbons (Fsp3) is 0.360. The number of morpholine rings is 1. The van der Waals surface area contributed by atoms with Gasteiger partial charge in [-0.2, -0.15) is 18.2 Å². The van der Waals surface area contributed by atoms with Gasteiger partial charge in [-0.25, -0.2) is 4.98 Å². The van der Waals surface area contributed by atoms with Crippen LogP contribution < -0.4 is 15.5 Å². The molecule has 0 aliphatic carbocycles. The van der Waals surface area contributed by atoms with E-state index >= 15 is 0 Å². The van der Waals surface area contributed by atoms with Crippen LogP contribution in [0.25, 0.3) is 11.3 Å². The van der Waals surface area contributed by atoms with E-state index in [-0.39, 0.29) is 0 Å². The minimum absolute atomic E-state index is 0.486. The molecule has 36 heavy (non-hydrogen) atoms. The molecule has 0 atom stereocenters. The maximum Gasteiger partial charge on any atom is 0.449 e. The molecule has 0 amide bonds. The Morgan fingerprint density at radius 1 is 1.08 bits per heavy atom. The molecule has 2 aromatic heterocycles. The molecule has 8 nitrogen and oxygen atoms in total. The maximum atomic E-state index is 10.8. The van der Waals surface area contributed by atoms with Gasteiger partial charge in [0.1, 0.15) is 5.82 Å². The fourth-order valence-corrected chi connectivity index (χ4v) is 4.01. The summed E-state index contributed by atoms with van der Waals surface area (Å²) < 4.78 is 38.0. The number of benzene rings is 1. The molecule has 2 aliphatic heterocycles. The molecule has 2 N–H and O–H groups in total. The van der Waals surface area contributed by atoms with Crippen LogP contribution in [0, 0.1) is 0 Å². The standard InChI is InChI=1S/C22H24N6O.C3H3F3O/c23-15-16-2-1-3-17(14-16)20-19-6-9-28(18-4-7-24-8-5-18)21(19)26-22(25-20)27-10-12-29-13-11-27;1-2(7)3(4,5)6/h1-5,7-8,14H,6,9-13,15,23H2;1H3. The molecule has 1 saturated heterocycles. The zero-order chi connectivity index (χ0) is 25.7. The number of carbonyl (C=O) groups is 1. The number of nitrogens with zero attached hydrogens (tertiary/aromatic N) is 5. The van der Waals surface area contributed by atoms with Gasteiger partial charge in [0.05, 0.1) is 18.9 Å². The number of fused-ring (bicyclic) bond motifs is 1. The van der Waals surface area contributed by atoms with Crippen LogP contribution in [0.5, 0.6) is 0 Å². The topological polar surface area (TPSA) is 97.5 Å². The Bertz CT molecular complexity index is 1200. The van der Waals surface area contributed by atoms with Crippen molar-refractivity contribution in [3.05, 3.63) is 59.9 Å². The molecule has 0 bridgehead atoms. The molecular formula is C25H27F3N6O2. The first-order chi connectivity index (χ1) is 17.3. The number of halogens is 3. The SMILES string of the molecule is CC(=O)C(F)(F)F.NCc1cccc(-c2nc(N3CCOCC3)nc3c2CCN3c2ccncc2)c1. The summed E-state index contributed by atoms with van der Waals surface area (Å²) in [5, 5.41) is 0. The van der Waals surface area contributed by atoms with E-state index in [0.29, 0.717) is 26.7 Å². The molecule has 0 unspecified atom stereocenters. The number of pyridine rings is 1. The third-order valence-electron chi connectivity index (χ3n) is 5.92. The van der Waals surface area contributed by atoms with Crippen molar-refractivity contribution in [3.8, 4) is 11.3 Å². The average molecular weight is 501 g/mol. The Balaban J connectivity index is 0.000000384. The van der Waals surface area contributed by atoms with Crippen molar-refractivity contribution in [2.45, 2.75) is 26.1 Å². The van der Waals surface area contributed by atoms with Gasteiger partial charge in [-0.05, 0) is 30.2 Å². The van der Waals surface area contributed by atoms with Crippen LogP contribution in [0.3, 0.4) is 0 Å². The number of Topliss-reactive ketones (excluding diaryl/α,β-unsaturated/α-hetero) is 1. The summed E-state index contributed by atoms with van der Waals surface area (Å²) in [6.07, 6.45) is -0.0880. The molecule has 11 heteroatoms. The lowest BCUT2D eigenvalue weighted by molar-refractivity contribution is -0.168. The second-order valence-electron chi connectivity index (χ2n) is 8.34. The van der Waals surface area contributed by atoms with Crippen molar-refractivity contribution in [2.75, 3.05) is 42.6 Å². The van der Waals surface area contributed by atoms with Gasteiger partial charge in [-0.3, -0.25) is 9.78 Å². The van der Waals surface area contributed by atoms with Crippen LogP contribution in [0.15, 0.2) is 48.8 Å². The minimum atomic E-state index is -4.64. The molecule has 190 valence electrons. The second-order valence-corrected chi connectivity index (χ2v) is 8.34. The normalized spacial score (nSPS) is 15.2. The molecule has 0 radical (unpaired) electrons. The zero-order valence-electron chi connectivity index (χ0n) is 19.8. The number of hydrogen-bond acceptors (Lipinski definition) is 8. The number of alkyl halides is 3. The van der Waals surface area contributed by atoms with Crippen LogP contribution in [-0.4, -0.2) is 59.8 Å². The van der Waals surface area contributed by atoms with Crippen molar-refractivity contribution in [1.82, 2.24) is 15.0 Å². The van der Waals surface area contributed by atoms with E-state index in [9.17, 15) is 18.0 Å². The largest absolute Gasteiger partial charge is 0.449 e. The molecule has 3 aromatic rings. The van der Waals surface area contributed by atoms with Crippen LogP contribution in [0.1, 0.15) is 18.1 Å². The molecule has 5 rings (SSSR count). The monoisotopic (exact) mass is 500 g/mol. The van der Waals surface area contributed by atoms with Gasteiger partial charge in [0.2, 0.25) is 11.7 Å². The zero-order valence-corrected chi connectivity index (χ0v) is 19.8. The van der Waals surface area contributed by atoms with Gasteiger partial charge in [0.25, 0.3) is 0 Å². The molecule has 1 aromatic carbocycles. The van der Waals surface area contributed by atoms with Crippen LogP contribution in [-0.2, 0) is 22.5 Å². The molecule has 4 heterocycles. The summed E-state index contributed by atoms with van der Waals surface area (Å²) in [5.41, 5.74) is 11.4. The number of nitrogens with two attached hydrogens (primary N) is 1. The quantitative estimate of drug-likeness (QED) is 0.580. The van der Waals surface area contributed by atoms with Gasteiger partial charge in [-0.15, -0.1) is 0 Å². The highest BCUT2D eigenvalue weighted by molar-refractivity contribution is 5.81. The minimum Gasteiger partial charge on any atom is -0.378 e. The first kappa shape index (κ1) is 25.5. The highest BCUT2D eigenvalue weighted by Gasteiger charge is 2.33. The van der Waals surface area contributed by atoms with Crippen LogP contribution in [0.4, 0.5) is 30.6 Å². The highest BCUT2D eigenvalue weighted by atomic mass is 19.4. The highest BCUT2D eigenvalue weighted by Crippen LogP contribution is 2.39. The average Bonchev–Trinajstić information content (AvgIpc) is 3.33. The van der Waals surface area contributed by atoms with Gasteiger partial charge in [0, 0.05) is 62.3 Å².